The Morgan fingerprint density at radius 3 is 2.78 bits per heavy atom. The summed E-state index contributed by atoms with van der Waals surface area (Å²) in [6, 6.07) is 7.43. The molecule has 0 spiro atoms. The van der Waals surface area contributed by atoms with Gasteiger partial charge in [-0.05, 0) is 30.3 Å². The summed E-state index contributed by atoms with van der Waals surface area (Å²) in [5.74, 6) is -0.187. The van der Waals surface area contributed by atoms with E-state index in [0.29, 0.717) is 28.5 Å². The maximum absolute atomic E-state index is 13.6. The fourth-order valence-corrected chi connectivity index (χ4v) is 3.47. The van der Waals surface area contributed by atoms with Gasteiger partial charge in [0, 0.05) is 36.0 Å². The van der Waals surface area contributed by atoms with E-state index < -0.39 is 11.7 Å². The average molecular weight is 518 g/mol. The van der Waals surface area contributed by atoms with E-state index in [1.807, 2.05) is 0 Å². The lowest BCUT2D eigenvalue weighted by molar-refractivity contribution is 0.0999. The number of hydrogen-bond acceptors (Lipinski definition) is 9. The van der Waals surface area contributed by atoms with Crippen molar-refractivity contribution in [3.8, 4) is 22.8 Å². The average Bonchev–Trinajstić information content (AvgIpc) is 3.41. The van der Waals surface area contributed by atoms with Crippen LogP contribution in [-0.4, -0.2) is 40.6 Å². The van der Waals surface area contributed by atoms with E-state index in [0.717, 1.165) is 5.56 Å². The summed E-state index contributed by atoms with van der Waals surface area (Å²) in [6.07, 6.45) is 10.8. The number of rotatable bonds is 8. The fraction of sp³-hybridized carbons (Fsp3) is 0.0417. The number of carbonyl (C=O) groups is 1. The van der Waals surface area contributed by atoms with Crippen LogP contribution in [-0.2, 0) is 6.61 Å². The molecule has 0 aliphatic rings. The Morgan fingerprint density at radius 2 is 2.00 bits per heavy atom. The van der Waals surface area contributed by atoms with E-state index in [4.69, 9.17) is 22.1 Å². The number of aromatic nitrogens is 7. The third-order valence-electron chi connectivity index (χ3n) is 5.09. The van der Waals surface area contributed by atoms with Crippen molar-refractivity contribution < 1.29 is 13.9 Å². The number of pyridine rings is 1. The highest BCUT2D eigenvalue weighted by atomic mass is 35.5. The molecule has 5 aromatic rings. The summed E-state index contributed by atoms with van der Waals surface area (Å²) in [4.78, 5) is 32.6. The number of nitrogens with one attached hydrogen (secondary N) is 1. The SMILES string of the molecule is NC(=O)c1cncc(OCc2cnc(Nc3ccc(F)c(Cl)c3)nc2-n2cc(-c3ccncn3)cn2)c1. The van der Waals surface area contributed by atoms with Crippen molar-refractivity contribution >= 4 is 29.1 Å². The molecule has 1 amide bonds. The number of hydrogen-bond donors (Lipinski definition) is 2. The van der Waals surface area contributed by atoms with Crippen LogP contribution in [0.15, 0.2) is 73.8 Å². The number of anilines is 2. The Labute approximate surface area is 214 Å². The van der Waals surface area contributed by atoms with Crippen LogP contribution in [0.5, 0.6) is 5.75 Å². The molecule has 5 rings (SSSR count). The predicted octanol–water partition coefficient (Wildman–Crippen LogP) is 3.73. The topological polar surface area (TPSA) is 147 Å². The largest absolute Gasteiger partial charge is 0.487 e. The highest BCUT2D eigenvalue weighted by Gasteiger charge is 2.14. The van der Waals surface area contributed by atoms with Crippen molar-refractivity contribution in [1.82, 2.24) is 34.7 Å². The molecule has 184 valence electrons. The van der Waals surface area contributed by atoms with Gasteiger partial charge in [-0.1, -0.05) is 11.6 Å². The van der Waals surface area contributed by atoms with Crippen molar-refractivity contribution in [3.05, 3.63) is 95.8 Å². The summed E-state index contributed by atoms with van der Waals surface area (Å²) >= 11 is 5.89. The van der Waals surface area contributed by atoms with Gasteiger partial charge in [-0.2, -0.15) is 10.1 Å². The molecule has 0 bridgehead atoms. The highest BCUT2D eigenvalue weighted by Crippen LogP contribution is 2.24. The minimum atomic E-state index is -0.618. The minimum Gasteiger partial charge on any atom is -0.487 e. The van der Waals surface area contributed by atoms with Gasteiger partial charge in [0.2, 0.25) is 11.9 Å². The number of benzene rings is 1. The van der Waals surface area contributed by atoms with Gasteiger partial charge in [0.25, 0.3) is 0 Å². The molecule has 11 nitrogen and oxygen atoms in total. The van der Waals surface area contributed by atoms with E-state index >= 15 is 0 Å². The van der Waals surface area contributed by atoms with Crippen molar-refractivity contribution in [2.75, 3.05) is 5.32 Å². The zero-order valence-electron chi connectivity index (χ0n) is 18.9. The number of nitrogens with two attached hydrogens (primary N) is 1. The highest BCUT2D eigenvalue weighted by molar-refractivity contribution is 6.31. The van der Waals surface area contributed by atoms with E-state index in [9.17, 15) is 9.18 Å². The number of ether oxygens (including phenoxy) is 1. The molecule has 0 fully saturated rings. The van der Waals surface area contributed by atoms with Gasteiger partial charge >= 0.3 is 0 Å². The summed E-state index contributed by atoms with van der Waals surface area (Å²) in [6.45, 7) is 0.0323. The van der Waals surface area contributed by atoms with Crippen molar-refractivity contribution in [3.63, 3.8) is 0 Å². The molecule has 4 heterocycles. The first-order chi connectivity index (χ1) is 18.0. The van der Waals surface area contributed by atoms with Gasteiger partial charge < -0.3 is 15.8 Å². The van der Waals surface area contributed by atoms with Crippen LogP contribution in [0.2, 0.25) is 5.02 Å². The third kappa shape index (κ3) is 5.49. The van der Waals surface area contributed by atoms with Crippen molar-refractivity contribution in [2.45, 2.75) is 6.61 Å². The van der Waals surface area contributed by atoms with Crippen molar-refractivity contribution in [1.29, 1.82) is 0 Å². The first kappa shape index (κ1) is 23.8. The van der Waals surface area contributed by atoms with Gasteiger partial charge in [0.15, 0.2) is 5.82 Å². The second-order valence-corrected chi connectivity index (χ2v) is 8.03. The Balaban J connectivity index is 1.47. The number of carbonyl (C=O) groups excluding carboxylic acids is 1. The molecule has 3 N–H and O–H groups in total. The van der Waals surface area contributed by atoms with Crippen LogP contribution in [0.4, 0.5) is 16.0 Å². The van der Waals surface area contributed by atoms with Gasteiger partial charge in [-0.25, -0.2) is 24.0 Å². The normalized spacial score (nSPS) is 10.8. The molecule has 0 atom stereocenters. The van der Waals surface area contributed by atoms with Crippen LogP contribution in [0.25, 0.3) is 17.1 Å². The molecule has 0 saturated carbocycles. The van der Waals surface area contributed by atoms with Gasteiger partial charge in [-0.15, -0.1) is 0 Å². The van der Waals surface area contributed by atoms with Crippen LogP contribution in [0.3, 0.4) is 0 Å². The van der Waals surface area contributed by atoms with E-state index in [1.54, 1.807) is 35.5 Å². The number of amides is 1. The smallest absolute Gasteiger partial charge is 0.250 e. The van der Waals surface area contributed by atoms with Crippen LogP contribution >= 0.6 is 11.6 Å². The summed E-state index contributed by atoms with van der Waals surface area (Å²) in [7, 11) is 0. The minimum absolute atomic E-state index is 0.0323. The second-order valence-electron chi connectivity index (χ2n) is 7.63. The number of primary amides is 1. The van der Waals surface area contributed by atoms with Crippen LogP contribution in [0.1, 0.15) is 15.9 Å². The summed E-state index contributed by atoms with van der Waals surface area (Å²) in [5, 5.41) is 7.39. The lowest BCUT2D eigenvalue weighted by atomic mass is 10.2. The molecule has 0 radical (unpaired) electrons. The molecule has 4 aromatic heterocycles. The first-order valence-corrected chi connectivity index (χ1v) is 11.1. The first-order valence-electron chi connectivity index (χ1n) is 10.7. The van der Waals surface area contributed by atoms with E-state index in [-0.39, 0.29) is 23.1 Å². The maximum atomic E-state index is 13.6. The van der Waals surface area contributed by atoms with Crippen molar-refractivity contribution in [2.24, 2.45) is 5.73 Å². The van der Waals surface area contributed by atoms with Gasteiger partial charge in [0.05, 0.1) is 34.2 Å². The molecule has 37 heavy (non-hydrogen) atoms. The third-order valence-corrected chi connectivity index (χ3v) is 5.38. The molecule has 0 unspecified atom stereocenters. The Kier molecular flexibility index (Phi) is 6.64. The lowest BCUT2D eigenvalue weighted by Crippen LogP contribution is -2.12. The van der Waals surface area contributed by atoms with E-state index in [2.05, 4.69) is 35.3 Å². The second kappa shape index (κ2) is 10.3. The van der Waals surface area contributed by atoms with Gasteiger partial charge in [-0.3, -0.25) is 9.78 Å². The lowest BCUT2D eigenvalue weighted by Gasteiger charge is -2.13. The zero-order chi connectivity index (χ0) is 25.8. The fourth-order valence-electron chi connectivity index (χ4n) is 3.29. The predicted molar refractivity (Wildman–Crippen MR) is 132 cm³/mol. The zero-order valence-corrected chi connectivity index (χ0v) is 19.7. The quantitative estimate of drug-likeness (QED) is 0.314. The number of halogens is 2. The van der Waals surface area contributed by atoms with Crippen LogP contribution < -0.4 is 15.8 Å². The standard InChI is InChI=1S/C24H17ClFN9O2/c25-19-6-17(1-2-20(19)26)33-24-30-8-16(12-37-18-5-14(22(27)36)7-29-10-18)23(34-24)35-11-15(9-32-35)21-3-4-28-13-31-21/h1-11,13H,12H2,(H2,27,36)(H,30,33,34). The van der Waals surface area contributed by atoms with Gasteiger partial charge in [0.1, 0.15) is 24.5 Å². The summed E-state index contributed by atoms with van der Waals surface area (Å²) < 4.78 is 20.9. The number of nitrogens with zero attached hydrogens (tertiary/aromatic N) is 7. The Hall–Kier alpha value is -4.97. The van der Waals surface area contributed by atoms with E-state index in [1.165, 1.54) is 43.0 Å². The van der Waals surface area contributed by atoms with Crippen LogP contribution in [0, 0.1) is 5.82 Å². The molecular formula is C24H17ClFN9O2. The molecule has 0 saturated heterocycles. The molecule has 1 aromatic carbocycles. The molecule has 0 aliphatic carbocycles. The Morgan fingerprint density at radius 1 is 1.11 bits per heavy atom. The monoisotopic (exact) mass is 517 g/mol. The molecule has 13 heteroatoms. The molecular weight excluding hydrogens is 501 g/mol. The Bertz CT molecular complexity index is 1580. The molecule has 0 aliphatic heterocycles. The maximum Gasteiger partial charge on any atom is 0.250 e. The summed E-state index contributed by atoms with van der Waals surface area (Å²) in [5.41, 5.74) is 8.04.